The molecule has 0 aromatic rings. The predicted molar refractivity (Wildman–Crippen MR) is 39.4 cm³/mol. The molecule has 0 radical (unpaired) electrons. The van der Waals surface area contributed by atoms with Crippen molar-refractivity contribution in [2.45, 2.75) is 6.92 Å². The highest BCUT2D eigenvalue weighted by Gasteiger charge is 1.88. The molecular weight excluding hydrogens is 165 g/mol. The van der Waals surface area contributed by atoms with Crippen LogP contribution in [-0.4, -0.2) is 5.16 Å². The van der Waals surface area contributed by atoms with Crippen molar-refractivity contribution < 1.29 is 0 Å². The Morgan fingerprint density at radius 2 is 2.12 bits per heavy atom. The van der Waals surface area contributed by atoms with Gasteiger partial charge < -0.3 is 0 Å². The number of hydrogen-bond donors (Lipinski definition) is 0. The van der Waals surface area contributed by atoms with Gasteiger partial charge in [-0.25, -0.2) is 0 Å². The minimum atomic E-state index is 0.196. The second kappa shape index (κ2) is 4.04. The van der Waals surface area contributed by atoms with E-state index < -0.39 is 0 Å². The summed E-state index contributed by atoms with van der Waals surface area (Å²) in [4.78, 5) is 3.40. The first-order valence-electron chi connectivity index (χ1n) is 1.78. The molecule has 0 aliphatic rings. The lowest BCUT2D eigenvalue weighted by molar-refractivity contribution is 1.47. The van der Waals surface area contributed by atoms with E-state index in [0.29, 0.717) is 5.03 Å². The van der Waals surface area contributed by atoms with Crippen LogP contribution in [0.4, 0.5) is 0 Å². The van der Waals surface area contributed by atoms with Gasteiger partial charge in [0.05, 0.1) is 10.2 Å². The number of allylic oxidation sites excluding steroid dienone is 1. The number of isothiocyanates is 1. The molecule has 1 nitrogen and oxygen atoms in total. The Morgan fingerprint density at radius 3 is 2.25 bits per heavy atom. The summed E-state index contributed by atoms with van der Waals surface area (Å²) in [5, 5.41) is 2.70. The van der Waals surface area contributed by atoms with Crippen molar-refractivity contribution in [2.75, 3.05) is 0 Å². The zero-order valence-corrected chi connectivity index (χ0v) is 6.44. The highest BCUT2D eigenvalue weighted by Crippen LogP contribution is 2.12. The maximum absolute atomic E-state index is 5.37. The van der Waals surface area contributed by atoms with Crippen LogP contribution in [0.2, 0.25) is 0 Å². The number of halogens is 2. The summed E-state index contributed by atoms with van der Waals surface area (Å²) in [6.45, 7) is 1.63. The van der Waals surface area contributed by atoms with Crippen molar-refractivity contribution >= 4 is 40.6 Å². The van der Waals surface area contributed by atoms with E-state index in [9.17, 15) is 0 Å². The Bertz CT molecular complexity index is 153. The molecule has 0 atom stereocenters. The van der Waals surface area contributed by atoms with Gasteiger partial charge in [-0.3, -0.25) is 0 Å². The Kier molecular flexibility index (Phi) is 4.11. The highest BCUT2D eigenvalue weighted by molar-refractivity contribution is 7.78. The first-order chi connectivity index (χ1) is 3.68. The molecule has 0 fully saturated rings. The van der Waals surface area contributed by atoms with Gasteiger partial charge in [-0.1, -0.05) is 23.2 Å². The smallest absolute Gasteiger partial charge is 0.154 e. The molecule has 0 aromatic carbocycles. The molecule has 4 heteroatoms. The van der Waals surface area contributed by atoms with Crippen LogP contribution in [0.5, 0.6) is 0 Å². The van der Waals surface area contributed by atoms with Crippen molar-refractivity contribution in [1.29, 1.82) is 0 Å². The van der Waals surface area contributed by atoms with Gasteiger partial charge in [0.15, 0.2) is 5.16 Å². The van der Waals surface area contributed by atoms with Crippen LogP contribution < -0.4 is 0 Å². The first-order valence-corrected chi connectivity index (χ1v) is 2.94. The van der Waals surface area contributed by atoms with Crippen LogP contribution >= 0.6 is 35.4 Å². The van der Waals surface area contributed by atoms with E-state index in [4.69, 9.17) is 23.2 Å². The summed E-state index contributed by atoms with van der Waals surface area (Å²) < 4.78 is 0. The van der Waals surface area contributed by atoms with Crippen LogP contribution in [0.15, 0.2) is 15.2 Å². The molecule has 44 valence electrons. The van der Waals surface area contributed by atoms with Gasteiger partial charge in [0, 0.05) is 0 Å². The standard InChI is InChI=1S/C4H3Cl2NS/c1-3(5)4(6)7-2-8/h1H3. The Hall–Kier alpha value is 0.120. The van der Waals surface area contributed by atoms with Gasteiger partial charge in [-0.15, -0.1) is 0 Å². The highest BCUT2D eigenvalue weighted by atomic mass is 35.5. The molecule has 0 amide bonds. The average molecular weight is 168 g/mol. The monoisotopic (exact) mass is 167 g/mol. The Labute approximate surface area is 63.0 Å². The van der Waals surface area contributed by atoms with Gasteiger partial charge in [0.2, 0.25) is 0 Å². The normalized spacial score (nSPS) is 11.9. The van der Waals surface area contributed by atoms with E-state index in [-0.39, 0.29) is 5.16 Å². The number of nitrogens with zero attached hydrogens (tertiary/aromatic N) is 1. The van der Waals surface area contributed by atoms with E-state index in [1.54, 1.807) is 6.92 Å². The van der Waals surface area contributed by atoms with E-state index in [1.165, 1.54) is 0 Å². The lowest BCUT2D eigenvalue weighted by Gasteiger charge is -1.83. The second-order valence-corrected chi connectivity index (χ2v) is 2.13. The number of hydrogen-bond acceptors (Lipinski definition) is 2. The maximum Gasteiger partial charge on any atom is 0.154 e. The Morgan fingerprint density at radius 1 is 1.62 bits per heavy atom. The molecule has 0 N–H and O–H groups in total. The summed E-state index contributed by atoms with van der Waals surface area (Å²) >= 11 is 15.0. The fraction of sp³-hybridized carbons (Fsp3) is 0.250. The molecule has 0 saturated carbocycles. The van der Waals surface area contributed by atoms with E-state index in [0.717, 1.165) is 0 Å². The minimum absolute atomic E-state index is 0.196. The molecule has 0 aromatic heterocycles. The third kappa shape index (κ3) is 3.16. The SMILES string of the molecule is CC(Cl)=C(Cl)N=C=S. The van der Waals surface area contributed by atoms with Crippen molar-refractivity contribution in [1.82, 2.24) is 0 Å². The molecule has 0 aliphatic heterocycles. The summed E-state index contributed by atoms with van der Waals surface area (Å²) in [6.07, 6.45) is 0. The van der Waals surface area contributed by atoms with Gasteiger partial charge >= 0.3 is 0 Å². The van der Waals surface area contributed by atoms with Crippen LogP contribution in [-0.2, 0) is 0 Å². The molecular formula is C4H3Cl2NS. The largest absolute Gasteiger partial charge is 0.181 e. The minimum Gasteiger partial charge on any atom is -0.181 e. The molecule has 0 rings (SSSR count). The lowest BCUT2D eigenvalue weighted by atomic mass is 10.7. The summed E-state index contributed by atoms with van der Waals surface area (Å²) in [5.41, 5.74) is 0. The van der Waals surface area contributed by atoms with Crippen LogP contribution in [0, 0.1) is 0 Å². The predicted octanol–water partition coefficient (Wildman–Crippen LogP) is 2.76. The Balaban J connectivity index is 4.22. The average Bonchev–Trinajstić information content (AvgIpc) is 1.67. The van der Waals surface area contributed by atoms with Crippen LogP contribution in [0.25, 0.3) is 0 Å². The molecule has 0 unspecified atom stereocenters. The van der Waals surface area contributed by atoms with Crippen molar-refractivity contribution in [3.05, 3.63) is 10.2 Å². The molecule has 0 spiro atoms. The first kappa shape index (κ1) is 8.12. The van der Waals surface area contributed by atoms with Crippen molar-refractivity contribution in [2.24, 2.45) is 4.99 Å². The van der Waals surface area contributed by atoms with Crippen LogP contribution in [0.3, 0.4) is 0 Å². The van der Waals surface area contributed by atoms with Crippen molar-refractivity contribution in [3.63, 3.8) is 0 Å². The summed E-state index contributed by atoms with van der Waals surface area (Å²) in [5.74, 6) is 0. The number of rotatable bonds is 1. The third-order valence-corrected chi connectivity index (χ3v) is 1.16. The molecule has 0 aliphatic carbocycles. The van der Waals surface area contributed by atoms with E-state index >= 15 is 0 Å². The second-order valence-electron chi connectivity index (χ2n) is 1.03. The van der Waals surface area contributed by atoms with Gasteiger partial charge in [0.1, 0.15) is 0 Å². The molecule has 8 heavy (non-hydrogen) atoms. The maximum atomic E-state index is 5.37. The lowest BCUT2D eigenvalue weighted by Crippen LogP contribution is -1.63. The van der Waals surface area contributed by atoms with Crippen molar-refractivity contribution in [3.8, 4) is 0 Å². The van der Waals surface area contributed by atoms with E-state index in [1.807, 2.05) is 0 Å². The molecule has 0 bridgehead atoms. The fourth-order valence-corrected chi connectivity index (χ4v) is 0.343. The van der Waals surface area contributed by atoms with Gasteiger partial charge in [0.25, 0.3) is 0 Å². The molecule has 0 heterocycles. The van der Waals surface area contributed by atoms with Crippen LogP contribution in [0.1, 0.15) is 6.92 Å². The number of thiocarbonyl (C=S) groups is 1. The molecule has 0 saturated heterocycles. The number of aliphatic imine (C=N–C) groups is 1. The topological polar surface area (TPSA) is 12.4 Å². The van der Waals surface area contributed by atoms with Gasteiger partial charge in [-0.05, 0) is 19.1 Å². The van der Waals surface area contributed by atoms with E-state index in [2.05, 4.69) is 22.4 Å². The zero-order valence-electron chi connectivity index (χ0n) is 4.11. The summed E-state index contributed by atoms with van der Waals surface area (Å²) in [7, 11) is 0. The zero-order chi connectivity index (χ0) is 6.57. The van der Waals surface area contributed by atoms with Gasteiger partial charge in [-0.2, -0.15) is 4.99 Å². The quantitative estimate of drug-likeness (QED) is 0.333. The fourth-order valence-electron chi connectivity index (χ4n) is 0.117. The third-order valence-electron chi connectivity index (χ3n) is 0.428. The summed E-state index contributed by atoms with van der Waals surface area (Å²) in [6, 6.07) is 0.